The van der Waals surface area contributed by atoms with Crippen LogP contribution in [0, 0.1) is 0 Å². The summed E-state index contributed by atoms with van der Waals surface area (Å²) in [7, 11) is 0. The SMILES string of the molecule is CC1CN(C2CCCC2)C(CO)CN1. The molecule has 3 nitrogen and oxygen atoms in total. The summed E-state index contributed by atoms with van der Waals surface area (Å²) >= 11 is 0. The first-order chi connectivity index (χ1) is 6.81. The van der Waals surface area contributed by atoms with Gasteiger partial charge in [0.25, 0.3) is 0 Å². The summed E-state index contributed by atoms with van der Waals surface area (Å²) in [4.78, 5) is 2.54. The lowest BCUT2D eigenvalue weighted by molar-refractivity contribution is 0.0498. The average Bonchev–Trinajstić information content (AvgIpc) is 2.70. The number of aliphatic hydroxyl groups is 1. The maximum atomic E-state index is 9.33. The van der Waals surface area contributed by atoms with Gasteiger partial charge in [0.15, 0.2) is 0 Å². The van der Waals surface area contributed by atoms with Gasteiger partial charge in [0, 0.05) is 31.2 Å². The van der Waals surface area contributed by atoms with Crippen LogP contribution in [0.3, 0.4) is 0 Å². The highest BCUT2D eigenvalue weighted by Crippen LogP contribution is 2.26. The Morgan fingerprint density at radius 3 is 2.71 bits per heavy atom. The van der Waals surface area contributed by atoms with Crippen molar-refractivity contribution in [1.82, 2.24) is 10.2 Å². The highest BCUT2D eigenvalue weighted by Gasteiger charge is 2.32. The van der Waals surface area contributed by atoms with Gasteiger partial charge in [-0.3, -0.25) is 4.90 Å². The van der Waals surface area contributed by atoms with Crippen LogP contribution in [0.2, 0.25) is 0 Å². The van der Waals surface area contributed by atoms with Crippen molar-refractivity contribution in [3.05, 3.63) is 0 Å². The van der Waals surface area contributed by atoms with E-state index in [1.165, 1.54) is 25.7 Å². The van der Waals surface area contributed by atoms with E-state index in [9.17, 15) is 5.11 Å². The number of hydrogen-bond acceptors (Lipinski definition) is 3. The minimum atomic E-state index is 0.302. The fourth-order valence-corrected chi connectivity index (χ4v) is 2.84. The van der Waals surface area contributed by atoms with Crippen molar-refractivity contribution in [3.8, 4) is 0 Å². The van der Waals surface area contributed by atoms with Crippen molar-refractivity contribution in [2.75, 3.05) is 19.7 Å². The van der Waals surface area contributed by atoms with Gasteiger partial charge in [-0.1, -0.05) is 12.8 Å². The summed E-state index contributed by atoms with van der Waals surface area (Å²) in [5.41, 5.74) is 0. The quantitative estimate of drug-likeness (QED) is 0.681. The number of rotatable bonds is 2. The van der Waals surface area contributed by atoms with Gasteiger partial charge in [0.2, 0.25) is 0 Å². The molecule has 1 saturated heterocycles. The molecule has 0 radical (unpaired) electrons. The maximum Gasteiger partial charge on any atom is 0.0599 e. The fourth-order valence-electron chi connectivity index (χ4n) is 2.84. The molecule has 2 fully saturated rings. The van der Waals surface area contributed by atoms with E-state index in [0.29, 0.717) is 18.7 Å². The molecule has 0 aromatic carbocycles. The second-order valence-corrected chi connectivity index (χ2v) is 4.78. The topological polar surface area (TPSA) is 35.5 Å². The first kappa shape index (κ1) is 10.4. The molecule has 0 aromatic heterocycles. The van der Waals surface area contributed by atoms with Crippen LogP contribution in [-0.4, -0.2) is 47.8 Å². The van der Waals surface area contributed by atoms with E-state index in [1.54, 1.807) is 0 Å². The van der Waals surface area contributed by atoms with Gasteiger partial charge in [-0.05, 0) is 19.8 Å². The van der Waals surface area contributed by atoms with Gasteiger partial charge in [-0.15, -0.1) is 0 Å². The Bertz CT molecular complexity index is 178. The van der Waals surface area contributed by atoms with Crippen LogP contribution in [0.15, 0.2) is 0 Å². The van der Waals surface area contributed by atoms with Crippen molar-refractivity contribution >= 4 is 0 Å². The third-order valence-electron chi connectivity index (χ3n) is 3.66. The van der Waals surface area contributed by atoms with Crippen LogP contribution >= 0.6 is 0 Å². The number of piperazine rings is 1. The standard InChI is InChI=1S/C11H22N2O/c1-9-7-13(10-4-2-3-5-10)11(8-14)6-12-9/h9-12,14H,2-8H2,1H3. The average molecular weight is 198 g/mol. The van der Waals surface area contributed by atoms with Crippen molar-refractivity contribution in [3.63, 3.8) is 0 Å². The van der Waals surface area contributed by atoms with Crippen LogP contribution in [0.5, 0.6) is 0 Å². The third kappa shape index (κ3) is 2.10. The molecule has 2 aliphatic rings. The molecule has 0 bridgehead atoms. The van der Waals surface area contributed by atoms with E-state index in [4.69, 9.17) is 0 Å². The molecule has 2 unspecified atom stereocenters. The van der Waals surface area contributed by atoms with Crippen molar-refractivity contribution in [2.24, 2.45) is 0 Å². The second kappa shape index (κ2) is 4.60. The van der Waals surface area contributed by atoms with Crippen molar-refractivity contribution in [2.45, 2.75) is 50.7 Å². The van der Waals surface area contributed by atoms with E-state index in [-0.39, 0.29) is 0 Å². The van der Waals surface area contributed by atoms with Crippen LogP contribution in [0.25, 0.3) is 0 Å². The molecule has 1 aliphatic carbocycles. The Kier molecular flexibility index (Phi) is 3.42. The minimum absolute atomic E-state index is 0.302. The van der Waals surface area contributed by atoms with E-state index >= 15 is 0 Å². The van der Waals surface area contributed by atoms with E-state index in [1.807, 2.05) is 0 Å². The van der Waals surface area contributed by atoms with Crippen molar-refractivity contribution in [1.29, 1.82) is 0 Å². The lowest BCUT2D eigenvalue weighted by Crippen LogP contribution is -2.59. The first-order valence-electron chi connectivity index (χ1n) is 5.91. The molecular weight excluding hydrogens is 176 g/mol. The number of hydrogen-bond donors (Lipinski definition) is 2. The van der Waals surface area contributed by atoms with Gasteiger partial charge in [-0.2, -0.15) is 0 Å². The van der Waals surface area contributed by atoms with Gasteiger partial charge in [0.1, 0.15) is 0 Å². The zero-order valence-electron chi connectivity index (χ0n) is 9.08. The molecule has 0 spiro atoms. The fraction of sp³-hybridized carbons (Fsp3) is 1.00. The Balaban J connectivity index is 1.96. The molecule has 14 heavy (non-hydrogen) atoms. The maximum absolute atomic E-state index is 9.33. The van der Waals surface area contributed by atoms with Crippen LogP contribution in [-0.2, 0) is 0 Å². The summed E-state index contributed by atoms with van der Waals surface area (Å²) in [5.74, 6) is 0. The van der Waals surface area contributed by atoms with Gasteiger partial charge < -0.3 is 10.4 Å². The monoisotopic (exact) mass is 198 g/mol. The van der Waals surface area contributed by atoms with E-state index < -0.39 is 0 Å². The van der Waals surface area contributed by atoms with E-state index in [0.717, 1.165) is 19.1 Å². The molecule has 2 N–H and O–H groups in total. The van der Waals surface area contributed by atoms with E-state index in [2.05, 4.69) is 17.1 Å². The third-order valence-corrected chi connectivity index (χ3v) is 3.66. The molecule has 82 valence electrons. The molecule has 3 heteroatoms. The van der Waals surface area contributed by atoms with Gasteiger partial charge in [0.05, 0.1) is 6.61 Å². The summed E-state index contributed by atoms with van der Waals surface area (Å²) in [6, 6.07) is 1.68. The van der Waals surface area contributed by atoms with Gasteiger partial charge >= 0.3 is 0 Å². The summed E-state index contributed by atoms with van der Waals surface area (Å²) in [6.07, 6.45) is 5.43. The highest BCUT2D eigenvalue weighted by molar-refractivity contribution is 4.89. The summed E-state index contributed by atoms with van der Waals surface area (Å²) in [5, 5.41) is 12.8. The van der Waals surface area contributed by atoms with Crippen LogP contribution < -0.4 is 5.32 Å². The molecule has 2 rings (SSSR count). The minimum Gasteiger partial charge on any atom is -0.395 e. The van der Waals surface area contributed by atoms with Crippen LogP contribution in [0.4, 0.5) is 0 Å². The Morgan fingerprint density at radius 2 is 2.07 bits per heavy atom. The molecule has 0 aromatic rings. The second-order valence-electron chi connectivity index (χ2n) is 4.78. The highest BCUT2D eigenvalue weighted by atomic mass is 16.3. The molecule has 1 saturated carbocycles. The molecule has 0 amide bonds. The largest absolute Gasteiger partial charge is 0.395 e. The molecule has 2 atom stereocenters. The zero-order chi connectivity index (χ0) is 9.97. The Labute approximate surface area is 86.5 Å². The molecule has 1 heterocycles. The predicted molar refractivity (Wildman–Crippen MR) is 57.3 cm³/mol. The predicted octanol–water partition coefficient (Wildman–Crippen LogP) is 0.584. The normalized spacial score (nSPS) is 36.4. The molecular formula is C11H22N2O. The number of nitrogens with zero attached hydrogens (tertiary/aromatic N) is 1. The lowest BCUT2D eigenvalue weighted by atomic mass is 10.1. The zero-order valence-corrected chi connectivity index (χ0v) is 9.08. The number of aliphatic hydroxyl groups excluding tert-OH is 1. The Hall–Kier alpha value is -0.120. The van der Waals surface area contributed by atoms with Crippen LogP contribution in [0.1, 0.15) is 32.6 Å². The summed E-state index contributed by atoms with van der Waals surface area (Å²) < 4.78 is 0. The van der Waals surface area contributed by atoms with Gasteiger partial charge in [-0.25, -0.2) is 0 Å². The Morgan fingerprint density at radius 1 is 1.36 bits per heavy atom. The smallest absolute Gasteiger partial charge is 0.0599 e. The first-order valence-corrected chi connectivity index (χ1v) is 5.91. The summed E-state index contributed by atoms with van der Waals surface area (Å²) in [6.45, 7) is 4.59. The number of nitrogens with one attached hydrogen (secondary N) is 1. The molecule has 1 aliphatic heterocycles. The van der Waals surface area contributed by atoms with Crippen molar-refractivity contribution < 1.29 is 5.11 Å². The lowest BCUT2D eigenvalue weighted by Gasteiger charge is -2.42.